The van der Waals surface area contributed by atoms with Crippen molar-refractivity contribution in [1.82, 2.24) is 15.5 Å². The second-order valence-corrected chi connectivity index (χ2v) is 10.4. The van der Waals surface area contributed by atoms with Gasteiger partial charge in [-0.05, 0) is 43.5 Å². The van der Waals surface area contributed by atoms with E-state index in [1.807, 2.05) is 38.1 Å². The van der Waals surface area contributed by atoms with E-state index in [1.54, 1.807) is 12.4 Å². The van der Waals surface area contributed by atoms with E-state index in [1.165, 1.54) is 11.3 Å². The third-order valence-corrected chi connectivity index (χ3v) is 7.57. The molecule has 3 rings (SSSR count). The van der Waals surface area contributed by atoms with Gasteiger partial charge in [-0.15, -0.1) is 11.3 Å². The topological polar surface area (TPSA) is 118 Å². The summed E-state index contributed by atoms with van der Waals surface area (Å²) in [6.45, 7) is 3.96. The summed E-state index contributed by atoms with van der Waals surface area (Å²) in [7, 11) is -3.11. The molecular formula is C19H24N4O3S2. The van der Waals surface area contributed by atoms with Gasteiger partial charge in [-0.2, -0.15) is 5.10 Å². The molecule has 1 saturated heterocycles. The van der Waals surface area contributed by atoms with E-state index >= 15 is 0 Å². The summed E-state index contributed by atoms with van der Waals surface area (Å²) in [5, 5.41) is 9.91. The van der Waals surface area contributed by atoms with E-state index in [9.17, 15) is 13.2 Å². The first-order valence-corrected chi connectivity index (χ1v) is 11.6. The molecule has 0 saturated carbocycles. The van der Waals surface area contributed by atoms with Crippen molar-refractivity contribution in [2.24, 2.45) is 5.73 Å². The molecule has 7 nitrogen and oxygen atoms in total. The summed E-state index contributed by atoms with van der Waals surface area (Å²) in [4.78, 5) is 14.3. The largest absolute Gasteiger partial charge is 0.347 e. The minimum absolute atomic E-state index is 0.0519. The van der Waals surface area contributed by atoms with Gasteiger partial charge in [0.15, 0.2) is 9.84 Å². The molecule has 0 unspecified atom stereocenters. The summed E-state index contributed by atoms with van der Waals surface area (Å²) in [6.07, 6.45) is 3.82. The maximum absolute atomic E-state index is 12.7. The number of nitrogens with one attached hydrogen (secondary N) is 2. The van der Waals surface area contributed by atoms with Crippen LogP contribution in [0.5, 0.6) is 0 Å². The summed E-state index contributed by atoms with van der Waals surface area (Å²) in [5.74, 6) is -0.272. The molecule has 2 aromatic heterocycles. The number of carbonyl (C=O) groups excluding carboxylic acids is 1. The van der Waals surface area contributed by atoms with Crippen molar-refractivity contribution in [1.29, 1.82) is 0 Å². The third-order valence-electron chi connectivity index (χ3n) is 4.77. The van der Waals surface area contributed by atoms with Crippen molar-refractivity contribution in [2.75, 3.05) is 11.5 Å². The molecule has 1 aliphatic rings. The monoisotopic (exact) mass is 420 g/mol. The molecule has 1 fully saturated rings. The van der Waals surface area contributed by atoms with Crippen molar-refractivity contribution < 1.29 is 13.2 Å². The summed E-state index contributed by atoms with van der Waals surface area (Å²) < 4.78 is 23.3. The molecule has 0 aliphatic carbocycles. The first kappa shape index (κ1) is 20.5. The van der Waals surface area contributed by atoms with Crippen LogP contribution < -0.4 is 11.1 Å². The Bertz CT molecular complexity index is 1030. The van der Waals surface area contributed by atoms with Gasteiger partial charge in [0, 0.05) is 28.7 Å². The first-order chi connectivity index (χ1) is 13.3. The summed E-state index contributed by atoms with van der Waals surface area (Å²) >= 11 is 1.40. The molecule has 4 N–H and O–H groups in total. The molecule has 3 heterocycles. The molecule has 150 valence electrons. The van der Waals surface area contributed by atoms with E-state index in [4.69, 9.17) is 5.73 Å². The van der Waals surface area contributed by atoms with Gasteiger partial charge in [0.05, 0.1) is 22.6 Å². The minimum atomic E-state index is -3.11. The number of hydrogen-bond donors (Lipinski definition) is 3. The smallest absolute Gasteiger partial charge is 0.261 e. The summed E-state index contributed by atoms with van der Waals surface area (Å²) in [5.41, 5.74) is 8.87. The number of aromatic nitrogens is 2. The van der Waals surface area contributed by atoms with Gasteiger partial charge in [0.25, 0.3) is 5.91 Å². The zero-order valence-corrected chi connectivity index (χ0v) is 17.4. The Kier molecular flexibility index (Phi) is 6.17. The van der Waals surface area contributed by atoms with Gasteiger partial charge in [-0.25, -0.2) is 8.42 Å². The third kappa shape index (κ3) is 4.78. The number of carbonyl (C=O) groups is 1. The standard InChI is InChI=1S/C19H24N4O3S2/c1-12-5-3-4-7-21-22-10-15(12)14-9-18(27-13(14)2)19(24)23-17-6-8-28(25,26)11-16(17)20/h3-5,7,9-10,16-17,21H,6,8,11,20H2,1-2H3,(H,23,24)/t16-,17-/m0/s1. The van der Waals surface area contributed by atoms with Crippen LogP contribution in [0.4, 0.5) is 0 Å². The average Bonchev–Trinajstić information content (AvgIpc) is 3.04. The lowest BCUT2D eigenvalue weighted by atomic mass is 10.0. The average molecular weight is 421 g/mol. The highest BCUT2D eigenvalue weighted by molar-refractivity contribution is 7.91. The number of sulfone groups is 1. The van der Waals surface area contributed by atoms with Crippen LogP contribution in [0.2, 0.25) is 0 Å². The zero-order valence-electron chi connectivity index (χ0n) is 15.8. The van der Waals surface area contributed by atoms with E-state index in [0.717, 1.165) is 21.6 Å². The molecule has 9 heteroatoms. The first-order valence-electron chi connectivity index (χ1n) is 8.97. The highest BCUT2D eigenvalue weighted by atomic mass is 32.2. The molecular weight excluding hydrogens is 396 g/mol. The number of nitrogens with two attached hydrogens (primary N) is 1. The fourth-order valence-corrected chi connectivity index (χ4v) is 5.75. The maximum atomic E-state index is 12.7. The van der Waals surface area contributed by atoms with Gasteiger partial charge >= 0.3 is 0 Å². The summed E-state index contributed by atoms with van der Waals surface area (Å²) in [6, 6.07) is 6.70. The highest BCUT2D eigenvalue weighted by Crippen LogP contribution is 2.32. The quantitative estimate of drug-likeness (QED) is 0.703. The van der Waals surface area contributed by atoms with Gasteiger partial charge < -0.3 is 11.1 Å². The molecule has 0 aromatic carbocycles. The minimum Gasteiger partial charge on any atom is -0.347 e. The number of hydrogen-bond acceptors (Lipinski definition) is 6. The van der Waals surface area contributed by atoms with Crippen LogP contribution in [0, 0.1) is 13.8 Å². The van der Waals surface area contributed by atoms with Gasteiger partial charge in [-0.1, -0.05) is 12.1 Å². The molecule has 0 bridgehead atoms. The van der Waals surface area contributed by atoms with Crippen LogP contribution in [0.15, 0.2) is 36.7 Å². The second kappa shape index (κ2) is 8.42. The van der Waals surface area contributed by atoms with Crippen molar-refractivity contribution >= 4 is 27.1 Å². The van der Waals surface area contributed by atoms with E-state index in [0.29, 0.717) is 11.3 Å². The highest BCUT2D eigenvalue weighted by Gasteiger charge is 2.32. The Morgan fingerprint density at radius 3 is 2.86 bits per heavy atom. The molecule has 0 radical (unpaired) electrons. The van der Waals surface area contributed by atoms with Crippen LogP contribution in [-0.2, 0) is 9.84 Å². The van der Waals surface area contributed by atoms with Crippen molar-refractivity contribution in [3.63, 3.8) is 0 Å². The number of aryl methyl sites for hydroxylation is 2. The van der Waals surface area contributed by atoms with Crippen LogP contribution in [0.3, 0.4) is 0 Å². The number of nitrogens with zero attached hydrogens (tertiary/aromatic N) is 1. The Balaban J connectivity index is 1.85. The molecule has 0 spiro atoms. The number of rotatable bonds is 3. The van der Waals surface area contributed by atoms with Gasteiger partial charge in [-0.3, -0.25) is 9.89 Å². The van der Waals surface area contributed by atoms with E-state index < -0.39 is 15.9 Å². The zero-order chi connectivity index (χ0) is 20.3. The van der Waals surface area contributed by atoms with Crippen molar-refractivity contribution in [3.8, 4) is 11.1 Å². The lowest BCUT2D eigenvalue weighted by molar-refractivity contribution is 0.0934. The number of amides is 1. The van der Waals surface area contributed by atoms with Crippen molar-refractivity contribution in [3.05, 3.63) is 52.0 Å². The number of aromatic amines is 1. The van der Waals surface area contributed by atoms with Crippen molar-refractivity contribution in [2.45, 2.75) is 32.4 Å². The SMILES string of the molecule is Cc1cccc[nH]ncc1-c1cc(C(=O)N[C@H]2CCS(=O)(=O)C[C@@H]2N)sc1C. The van der Waals surface area contributed by atoms with Crippen LogP contribution in [-0.4, -0.2) is 48.1 Å². The predicted octanol–water partition coefficient (Wildman–Crippen LogP) is 2.12. The van der Waals surface area contributed by atoms with Gasteiger partial charge in [0.1, 0.15) is 0 Å². The molecule has 2 aromatic rings. The Labute approximate surface area is 168 Å². The van der Waals surface area contributed by atoms with Crippen LogP contribution >= 0.6 is 11.3 Å². The Morgan fingerprint density at radius 1 is 1.32 bits per heavy atom. The number of thiophene rings is 1. The fraction of sp³-hybridized carbons (Fsp3) is 0.368. The normalized spacial score (nSPS) is 21.0. The predicted molar refractivity (Wildman–Crippen MR) is 112 cm³/mol. The van der Waals surface area contributed by atoms with Crippen LogP contribution in [0.1, 0.15) is 26.5 Å². The maximum Gasteiger partial charge on any atom is 0.261 e. The molecule has 2 atom stereocenters. The van der Waals surface area contributed by atoms with E-state index in [2.05, 4.69) is 15.5 Å². The lowest BCUT2D eigenvalue weighted by Gasteiger charge is -2.29. The lowest BCUT2D eigenvalue weighted by Crippen LogP contribution is -2.54. The van der Waals surface area contributed by atoms with Crippen LogP contribution in [0.25, 0.3) is 11.1 Å². The van der Waals surface area contributed by atoms with Gasteiger partial charge in [0.2, 0.25) is 0 Å². The molecule has 1 aliphatic heterocycles. The molecule has 1 amide bonds. The Morgan fingerprint density at radius 2 is 2.11 bits per heavy atom. The number of H-pyrrole nitrogens is 1. The fourth-order valence-electron chi connectivity index (χ4n) is 3.21. The Hall–Kier alpha value is -2.23. The second-order valence-electron chi connectivity index (χ2n) is 6.93. The van der Waals surface area contributed by atoms with E-state index in [-0.39, 0.29) is 23.5 Å². The molecule has 28 heavy (non-hydrogen) atoms.